The number of rotatable bonds is 5. The van der Waals surface area contributed by atoms with Gasteiger partial charge in [0.05, 0.1) is 30.0 Å². The molecule has 7 rings (SSSR count). The minimum Gasteiger partial charge on any atom is -0.458 e. The van der Waals surface area contributed by atoms with Crippen molar-refractivity contribution in [1.29, 1.82) is 0 Å². The molecule has 3 heterocycles. The molecule has 12 heteroatoms. The summed E-state index contributed by atoms with van der Waals surface area (Å²) in [5, 5.41) is 54.7. The molecule has 0 spiro atoms. The first-order valence-electron chi connectivity index (χ1n) is 17.9. The van der Waals surface area contributed by atoms with Gasteiger partial charge in [0.25, 0.3) is 0 Å². The van der Waals surface area contributed by atoms with Crippen LogP contribution in [0.25, 0.3) is 0 Å². The van der Waals surface area contributed by atoms with E-state index in [9.17, 15) is 30.3 Å². The lowest BCUT2D eigenvalue weighted by molar-refractivity contribution is -0.345. The van der Waals surface area contributed by atoms with Crippen molar-refractivity contribution in [3.05, 3.63) is 11.6 Å². The number of carbonyl (C=O) groups is 1. The Labute approximate surface area is 276 Å². The molecule has 3 aliphatic heterocycles. The summed E-state index contributed by atoms with van der Waals surface area (Å²) in [4.78, 5) is 11.9. The maximum Gasteiger partial charge on any atom is 0.331 e. The Bertz CT molecular complexity index is 1230. The zero-order valence-corrected chi connectivity index (χ0v) is 28.1. The summed E-state index contributed by atoms with van der Waals surface area (Å²) in [6.45, 7) is 8.36. The first-order valence-corrected chi connectivity index (χ1v) is 17.9. The predicted octanol–water partition coefficient (Wildman–Crippen LogP) is 1.27. The summed E-state index contributed by atoms with van der Waals surface area (Å²) in [5.74, 6) is 0.933. The Morgan fingerprint density at radius 2 is 1.55 bits per heavy atom. The van der Waals surface area contributed by atoms with Gasteiger partial charge in [-0.3, -0.25) is 0 Å². The summed E-state index contributed by atoms with van der Waals surface area (Å²) in [6, 6.07) is -0.749. The van der Waals surface area contributed by atoms with Gasteiger partial charge in [-0.05, 0) is 106 Å². The van der Waals surface area contributed by atoms with Crippen molar-refractivity contribution in [2.24, 2.45) is 40.2 Å². The monoisotopic (exact) mass is 665 g/mol. The van der Waals surface area contributed by atoms with Crippen LogP contribution in [-0.2, 0) is 28.5 Å². The molecule has 13 unspecified atom stereocenters. The normalized spacial score (nSPS) is 56.3. The lowest BCUT2D eigenvalue weighted by Crippen LogP contribution is -2.65. The lowest BCUT2D eigenvalue weighted by atomic mass is 9.43. The van der Waals surface area contributed by atoms with E-state index in [4.69, 9.17) is 29.4 Å². The number of esters is 1. The van der Waals surface area contributed by atoms with Gasteiger partial charge in [0.1, 0.15) is 37.1 Å². The molecule has 7 aliphatic rings. The van der Waals surface area contributed by atoms with Crippen LogP contribution in [0.15, 0.2) is 11.6 Å². The fourth-order valence-corrected chi connectivity index (χ4v) is 11.3. The molecule has 47 heavy (non-hydrogen) atoms. The second kappa shape index (κ2) is 12.2. The molecule has 12 nitrogen and oxygen atoms in total. The zero-order valence-electron chi connectivity index (χ0n) is 28.1. The summed E-state index contributed by atoms with van der Waals surface area (Å²) in [6.07, 6.45) is -0.454. The van der Waals surface area contributed by atoms with Crippen molar-refractivity contribution in [3.8, 4) is 0 Å². The maximum atomic E-state index is 12.5. The molecule has 266 valence electrons. The smallest absolute Gasteiger partial charge is 0.331 e. The van der Waals surface area contributed by atoms with Crippen molar-refractivity contribution in [2.45, 2.75) is 159 Å². The average molecular weight is 666 g/mol. The average Bonchev–Trinajstić information content (AvgIpc) is 3.58. The Kier molecular flexibility index (Phi) is 8.93. The molecular weight excluding hydrogens is 610 g/mol. The topological polar surface area (TPSA) is 190 Å². The van der Waals surface area contributed by atoms with Crippen LogP contribution in [0, 0.1) is 34.5 Å². The quantitative estimate of drug-likeness (QED) is 0.183. The minimum absolute atomic E-state index is 0.0630. The van der Waals surface area contributed by atoms with E-state index < -0.39 is 67.0 Å². The van der Waals surface area contributed by atoms with E-state index >= 15 is 0 Å². The molecule has 0 radical (unpaired) electrons. The van der Waals surface area contributed by atoms with Gasteiger partial charge in [-0.1, -0.05) is 13.8 Å². The van der Waals surface area contributed by atoms with E-state index in [0.29, 0.717) is 18.4 Å². The van der Waals surface area contributed by atoms with E-state index in [1.54, 1.807) is 19.9 Å². The first-order chi connectivity index (χ1) is 22.2. The van der Waals surface area contributed by atoms with Crippen LogP contribution >= 0.6 is 0 Å². The van der Waals surface area contributed by atoms with Crippen LogP contribution in [0.1, 0.15) is 85.5 Å². The lowest BCUT2D eigenvalue weighted by Gasteiger charge is -2.64. The summed E-state index contributed by atoms with van der Waals surface area (Å²) >= 11 is 0. The van der Waals surface area contributed by atoms with Gasteiger partial charge in [-0.15, -0.1) is 0 Å². The highest BCUT2D eigenvalue weighted by Crippen LogP contribution is 2.70. The SMILES string of the molecule is CC1OC(O[C@H]2CCC3(C)C4CCC5(C)C(C6=CC(=O)OC6)CCC5(O)[C@@H]4CC[C@H]3C2)[C@@H](O)C(OC2OC(C)C(O)[C@H](O)C2O)C1N. The third-order valence-electron chi connectivity index (χ3n) is 14.2. The zero-order chi connectivity index (χ0) is 33.6. The number of fused-ring (bicyclic) bond motifs is 5. The Morgan fingerprint density at radius 3 is 2.28 bits per heavy atom. The number of ether oxygens (including phenoxy) is 5. The number of cyclic esters (lactones) is 1. The highest BCUT2D eigenvalue weighted by Gasteiger charge is 2.68. The Hall–Kier alpha value is -1.19. The van der Waals surface area contributed by atoms with Crippen LogP contribution in [-0.4, -0.2) is 111 Å². The molecule has 0 aromatic rings. The second-order valence-electron chi connectivity index (χ2n) is 16.4. The molecular formula is C35H55NO11. The van der Waals surface area contributed by atoms with E-state index in [0.717, 1.165) is 63.4 Å². The third-order valence-corrected chi connectivity index (χ3v) is 14.2. The fourth-order valence-electron chi connectivity index (χ4n) is 11.3. The molecule has 0 amide bonds. The van der Waals surface area contributed by atoms with Crippen molar-refractivity contribution >= 4 is 5.97 Å². The number of carbonyl (C=O) groups excluding carboxylic acids is 1. The van der Waals surface area contributed by atoms with Gasteiger partial charge in [-0.2, -0.15) is 0 Å². The van der Waals surface area contributed by atoms with Gasteiger partial charge in [0, 0.05) is 11.5 Å². The standard InChI is InChI=1S/C35H55NO11/c1-16-25(36)30(47-31-28(40)27(39)26(38)17(2)45-31)29(41)32(44-16)46-20-7-10-33(3)19(14-20)5-6-23-22(33)8-11-34(4)21(9-12-35(23,34)42)18-13-24(37)43-15-18/h13,16-17,19-23,25-32,38-42H,5-12,14-15,36H2,1-4H3/t16?,17?,19-,20-,21?,22?,23+,25?,26?,27-,28?,29-,30?,31?,32?,33?,34?,35?/m0/s1. The number of hydrogen-bond acceptors (Lipinski definition) is 12. The van der Waals surface area contributed by atoms with E-state index in [-0.39, 0.29) is 34.7 Å². The van der Waals surface area contributed by atoms with E-state index in [1.165, 1.54) is 0 Å². The number of hydrogen-bond donors (Lipinski definition) is 6. The first kappa shape index (κ1) is 34.3. The van der Waals surface area contributed by atoms with E-state index in [2.05, 4.69) is 13.8 Å². The number of nitrogens with two attached hydrogens (primary N) is 1. The largest absolute Gasteiger partial charge is 0.458 e. The van der Waals surface area contributed by atoms with Crippen molar-refractivity contribution < 1.29 is 54.0 Å². The fraction of sp³-hybridized carbons (Fsp3) is 0.914. The number of aliphatic hydroxyl groups excluding tert-OH is 4. The molecule has 0 aromatic carbocycles. The molecule has 0 aromatic heterocycles. The minimum atomic E-state index is -1.52. The van der Waals surface area contributed by atoms with Gasteiger partial charge in [-0.25, -0.2) is 4.79 Å². The maximum absolute atomic E-state index is 12.5. The Morgan fingerprint density at radius 1 is 0.830 bits per heavy atom. The molecule has 6 fully saturated rings. The molecule has 4 aliphatic carbocycles. The highest BCUT2D eigenvalue weighted by atomic mass is 16.7. The summed E-state index contributed by atoms with van der Waals surface area (Å²) in [7, 11) is 0. The summed E-state index contributed by atoms with van der Waals surface area (Å²) < 4.78 is 29.4. The number of aliphatic hydroxyl groups is 5. The predicted molar refractivity (Wildman–Crippen MR) is 166 cm³/mol. The van der Waals surface area contributed by atoms with Gasteiger partial charge >= 0.3 is 5.97 Å². The molecule has 0 bridgehead atoms. The van der Waals surface area contributed by atoms with Crippen LogP contribution in [0.2, 0.25) is 0 Å². The van der Waals surface area contributed by atoms with Gasteiger partial charge in [0.15, 0.2) is 12.6 Å². The van der Waals surface area contributed by atoms with E-state index in [1.807, 2.05) is 0 Å². The highest BCUT2D eigenvalue weighted by molar-refractivity contribution is 5.85. The van der Waals surface area contributed by atoms with Gasteiger partial charge < -0.3 is 55.0 Å². The van der Waals surface area contributed by atoms with Crippen LogP contribution in [0.5, 0.6) is 0 Å². The second-order valence-corrected chi connectivity index (χ2v) is 16.4. The van der Waals surface area contributed by atoms with Crippen molar-refractivity contribution in [2.75, 3.05) is 6.61 Å². The molecule has 2 saturated heterocycles. The van der Waals surface area contributed by atoms with Crippen molar-refractivity contribution in [1.82, 2.24) is 0 Å². The van der Waals surface area contributed by atoms with Crippen LogP contribution in [0.4, 0.5) is 0 Å². The van der Waals surface area contributed by atoms with Crippen molar-refractivity contribution in [3.63, 3.8) is 0 Å². The summed E-state index contributed by atoms with van der Waals surface area (Å²) in [5.41, 5.74) is 6.46. The van der Waals surface area contributed by atoms with Crippen LogP contribution in [0.3, 0.4) is 0 Å². The van der Waals surface area contributed by atoms with Gasteiger partial charge in [0.2, 0.25) is 0 Å². The molecule has 7 N–H and O–H groups in total. The van der Waals surface area contributed by atoms with Crippen LogP contribution < -0.4 is 5.73 Å². The molecule has 18 atom stereocenters. The third kappa shape index (κ3) is 5.36. The Balaban J connectivity index is 1.01. The molecule has 4 saturated carbocycles.